The smallest absolute Gasteiger partial charge is 0.105 e. The van der Waals surface area contributed by atoms with Crippen molar-refractivity contribution in [2.45, 2.75) is 6.92 Å². The summed E-state index contributed by atoms with van der Waals surface area (Å²) in [4.78, 5) is 0.331. The molecule has 0 aliphatic carbocycles. The van der Waals surface area contributed by atoms with Crippen molar-refractivity contribution >= 4 is 46.3 Å². The lowest BCUT2D eigenvalue weighted by Crippen LogP contribution is -2.14. The van der Waals surface area contributed by atoms with E-state index in [1.165, 1.54) is 0 Å². The Morgan fingerprint density at radius 3 is 2.82 bits per heavy atom. The Kier molecular flexibility index (Phi) is 6.09. The summed E-state index contributed by atoms with van der Waals surface area (Å²) in [6.07, 6.45) is 2.12. The number of hydrogen-bond donors (Lipinski definition) is 2. The van der Waals surface area contributed by atoms with Gasteiger partial charge >= 0.3 is 0 Å². The number of thioether (sulfide) groups is 1. The third kappa shape index (κ3) is 4.74. The van der Waals surface area contributed by atoms with Crippen LogP contribution in [-0.2, 0) is 0 Å². The molecule has 0 bridgehead atoms. The van der Waals surface area contributed by atoms with Crippen LogP contribution in [0.4, 0.5) is 5.69 Å². The number of benzene rings is 1. The van der Waals surface area contributed by atoms with Crippen molar-refractivity contribution in [3.8, 4) is 0 Å². The van der Waals surface area contributed by atoms with E-state index in [-0.39, 0.29) is 0 Å². The first-order valence-corrected chi connectivity index (χ1v) is 7.54. The number of anilines is 1. The van der Waals surface area contributed by atoms with Gasteiger partial charge < -0.3 is 11.1 Å². The maximum Gasteiger partial charge on any atom is 0.105 e. The number of halogens is 1. The fraction of sp³-hybridized carbons (Fsp3) is 0.417. The van der Waals surface area contributed by atoms with Gasteiger partial charge in [-0.1, -0.05) is 30.7 Å². The first-order valence-electron chi connectivity index (χ1n) is 5.36. The van der Waals surface area contributed by atoms with E-state index in [4.69, 9.17) is 29.6 Å². The predicted molar refractivity (Wildman–Crippen MR) is 83.4 cm³/mol. The lowest BCUT2D eigenvalue weighted by atomic mass is 10.2. The summed E-state index contributed by atoms with van der Waals surface area (Å²) in [6.45, 7) is 3.15. The standard InChI is InChI=1S/C12H17ClN2S2/c1-8(7-17-2)6-15-9-3-4-10(12(14)16)11(13)5-9/h3-5,8,15H,6-7H2,1-2H3,(H2,14,16). The average Bonchev–Trinajstić information content (AvgIpc) is 2.26. The van der Waals surface area contributed by atoms with Crippen molar-refractivity contribution in [1.82, 2.24) is 0 Å². The summed E-state index contributed by atoms with van der Waals surface area (Å²) >= 11 is 12.8. The molecular formula is C12H17ClN2S2. The molecule has 2 nitrogen and oxygen atoms in total. The minimum absolute atomic E-state index is 0.331. The summed E-state index contributed by atoms with van der Waals surface area (Å²) in [5, 5.41) is 3.95. The number of rotatable bonds is 6. The molecule has 0 fully saturated rings. The van der Waals surface area contributed by atoms with Crippen LogP contribution >= 0.6 is 35.6 Å². The van der Waals surface area contributed by atoms with E-state index in [1.807, 2.05) is 30.0 Å². The number of nitrogens with two attached hydrogens (primary N) is 1. The first-order chi connectivity index (χ1) is 8.04. The molecule has 3 N–H and O–H groups in total. The molecule has 5 heteroatoms. The Balaban J connectivity index is 2.62. The Morgan fingerprint density at radius 1 is 1.59 bits per heavy atom. The van der Waals surface area contributed by atoms with Gasteiger partial charge in [0.25, 0.3) is 0 Å². The number of nitrogens with one attached hydrogen (secondary N) is 1. The summed E-state index contributed by atoms with van der Waals surface area (Å²) in [6, 6.07) is 5.67. The SMILES string of the molecule is CSCC(C)CNc1ccc(C(N)=S)c(Cl)c1. The average molecular weight is 289 g/mol. The van der Waals surface area contributed by atoms with Crippen molar-refractivity contribution in [3.63, 3.8) is 0 Å². The predicted octanol–water partition coefficient (Wildman–Crippen LogP) is 3.39. The van der Waals surface area contributed by atoms with Crippen molar-refractivity contribution in [1.29, 1.82) is 0 Å². The van der Waals surface area contributed by atoms with E-state index >= 15 is 0 Å². The highest BCUT2D eigenvalue weighted by Gasteiger charge is 2.05. The molecule has 0 spiro atoms. The van der Waals surface area contributed by atoms with Crippen LogP contribution in [0.5, 0.6) is 0 Å². The fourth-order valence-corrected chi connectivity index (χ4v) is 2.66. The van der Waals surface area contributed by atoms with Crippen LogP contribution in [-0.4, -0.2) is 23.5 Å². The highest BCUT2D eigenvalue weighted by Crippen LogP contribution is 2.21. The Morgan fingerprint density at radius 2 is 2.29 bits per heavy atom. The van der Waals surface area contributed by atoms with Gasteiger partial charge in [0.15, 0.2) is 0 Å². The number of hydrogen-bond acceptors (Lipinski definition) is 3. The summed E-state index contributed by atoms with van der Waals surface area (Å²) < 4.78 is 0. The van der Waals surface area contributed by atoms with Gasteiger partial charge in [0, 0.05) is 17.8 Å². The third-order valence-corrected chi connectivity index (χ3v) is 3.78. The second kappa shape index (κ2) is 7.09. The largest absolute Gasteiger partial charge is 0.389 e. The lowest BCUT2D eigenvalue weighted by Gasteiger charge is -2.13. The molecule has 1 unspecified atom stereocenters. The Hall–Kier alpha value is -0.450. The van der Waals surface area contributed by atoms with Crippen molar-refractivity contribution in [3.05, 3.63) is 28.8 Å². The molecule has 0 amide bonds. The normalized spacial score (nSPS) is 12.2. The highest BCUT2D eigenvalue weighted by molar-refractivity contribution is 7.98. The van der Waals surface area contributed by atoms with Crippen molar-refractivity contribution < 1.29 is 0 Å². The molecule has 0 heterocycles. The fourth-order valence-electron chi connectivity index (χ4n) is 1.46. The molecule has 0 saturated heterocycles. The molecule has 1 rings (SSSR count). The van der Waals surface area contributed by atoms with E-state index in [9.17, 15) is 0 Å². The van der Waals surface area contributed by atoms with Gasteiger partial charge in [-0.25, -0.2) is 0 Å². The lowest BCUT2D eigenvalue weighted by molar-refractivity contribution is 0.701. The van der Waals surface area contributed by atoms with Crippen LogP contribution < -0.4 is 11.1 Å². The third-order valence-electron chi connectivity index (χ3n) is 2.34. The topological polar surface area (TPSA) is 38.0 Å². The van der Waals surface area contributed by atoms with Crippen LogP contribution in [0.3, 0.4) is 0 Å². The zero-order chi connectivity index (χ0) is 12.8. The van der Waals surface area contributed by atoms with Crippen LogP contribution in [0.2, 0.25) is 5.02 Å². The second-order valence-electron chi connectivity index (χ2n) is 4.00. The summed E-state index contributed by atoms with van der Waals surface area (Å²) in [5.41, 5.74) is 7.28. The second-order valence-corrected chi connectivity index (χ2v) is 5.76. The molecule has 94 valence electrons. The molecular weight excluding hydrogens is 272 g/mol. The van der Waals surface area contributed by atoms with Gasteiger partial charge in [-0.2, -0.15) is 11.8 Å². The van der Waals surface area contributed by atoms with Crippen LogP contribution in [0, 0.1) is 5.92 Å². The van der Waals surface area contributed by atoms with Gasteiger partial charge in [0.2, 0.25) is 0 Å². The van der Waals surface area contributed by atoms with Gasteiger partial charge in [-0.15, -0.1) is 0 Å². The molecule has 1 atom stereocenters. The molecule has 0 radical (unpaired) electrons. The maximum absolute atomic E-state index is 6.09. The molecule has 0 aromatic heterocycles. The zero-order valence-electron chi connectivity index (χ0n) is 10.00. The Bertz CT molecular complexity index is 396. The van der Waals surface area contributed by atoms with E-state index in [2.05, 4.69) is 18.5 Å². The maximum atomic E-state index is 6.09. The van der Waals surface area contributed by atoms with E-state index in [0.717, 1.165) is 23.5 Å². The van der Waals surface area contributed by atoms with Gasteiger partial charge in [0.05, 0.1) is 5.02 Å². The molecule has 17 heavy (non-hydrogen) atoms. The quantitative estimate of drug-likeness (QED) is 0.787. The van der Waals surface area contributed by atoms with E-state index in [0.29, 0.717) is 15.9 Å². The van der Waals surface area contributed by atoms with Crippen molar-refractivity contribution in [2.24, 2.45) is 11.7 Å². The highest BCUT2D eigenvalue weighted by atomic mass is 35.5. The van der Waals surface area contributed by atoms with Gasteiger partial charge in [0.1, 0.15) is 4.99 Å². The monoisotopic (exact) mass is 288 g/mol. The van der Waals surface area contributed by atoms with E-state index in [1.54, 1.807) is 0 Å². The number of thiocarbonyl (C=S) groups is 1. The minimum Gasteiger partial charge on any atom is -0.389 e. The van der Waals surface area contributed by atoms with E-state index < -0.39 is 0 Å². The Labute approximate surface area is 117 Å². The van der Waals surface area contributed by atoms with Crippen LogP contribution in [0.15, 0.2) is 18.2 Å². The molecule has 0 aliphatic rings. The minimum atomic E-state index is 0.331. The molecule has 1 aromatic carbocycles. The van der Waals surface area contributed by atoms with Gasteiger partial charge in [-0.3, -0.25) is 0 Å². The van der Waals surface area contributed by atoms with Crippen molar-refractivity contribution in [2.75, 3.05) is 23.9 Å². The molecule has 0 saturated carbocycles. The first kappa shape index (κ1) is 14.6. The molecule has 0 aliphatic heterocycles. The summed E-state index contributed by atoms with van der Waals surface area (Å²) in [5.74, 6) is 1.77. The van der Waals surface area contributed by atoms with Gasteiger partial charge in [-0.05, 0) is 36.1 Å². The van der Waals surface area contributed by atoms with Crippen LogP contribution in [0.25, 0.3) is 0 Å². The van der Waals surface area contributed by atoms with Crippen LogP contribution in [0.1, 0.15) is 12.5 Å². The zero-order valence-corrected chi connectivity index (χ0v) is 12.4. The summed E-state index contributed by atoms with van der Waals surface area (Å²) in [7, 11) is 0. The molecule has 1 aromatic rings.